The summed E-state index contributed by atoms with van der Waals surface area (Å²) in [5.74, 6) is 0. The van der Waals surface area contributed by atoms with Crippen LogP contribution in [0.3, 0.4) is 0 Å². The van der Waals surface area contributed by atoms with Gasteiger partial charge < -0.3 is 5.32 Å². The van der Waals surface area contributed by atoms with E-state index in [2.05, 4.69) is 15.4 Å². The van der Waals surface area contributed by atoms with Crippen molar-refractivity contribution >= 4 is 11.6 Å². The molecule has 5 heteroatoms. The number of pyridine rings is 1. The molecule has 0 aromatic carbocycles. The van der Waals surface area contributed by atoms with E-state index in [1.54, 1.807) is 10.9 Å². The van der Waals surface area contributed by atoms with Gasteiger partial charge in [-0.15, -0.1) is 0 Å². The van der Waals surface area contributed by atoms with Crippen molar-refractivity contribution in [3.05, 3.63) is 47.0 Å². The summed E-state index contributed by atoms with van der Waals surface area (Å²) in [6.45, 7) is 0. The second-order valence-corrected chi connectivity index (χ2v) is 3.95. The minimum Gasteiger partial charge on any atom is -0.308 e. The van der Waals surface area contributed by atoms with Gasteiger partial charge in [-0.05, 0) is 19.2 Å². The molecule has 2 heterocycles. The van der Waals surface area contributed by atoms with Crippen molar-refractivity contribution < 1.29 is 0 Å². The van der Waals surface area contributed by atoms with Crippen LogP contribution in [-0.4, -0.2) is 21.8 Å². The molecule has 0 saturated carbocycles. The Balaban J connectivity index is 2.40. The average Bonchev–Trinajstić information content (AvgIpc) is 2.69. The third kappa shape index (κ3) is 2.08. The van der Waals surface area contributed by atoms with Gasteiger partial charge in [0.05, 0.1) is 23.0 Å². The van der Waals surface area contributed by atoms with E-state index >= 15 is 0 Å². The van der Waals surface area contributed by atoms with Gasteiger partial charge >= 0.3 is 0 Å². The molecule has 0 bridgehead atoms. The van der Waals surface area contributed by atoms with Crippen LogP contribution in [0.2, 0.25) is 5.02 Å². The van der Waals surface area contributed by atoms with Crippen LogP contribution in [0, 0.1) is 0 Å². The molecule has 0 aliphatic carbocycles. The molecule has 2 aromatic rings. The first-order valence-corrected chi connectivity index (χ1v) is 5.36. The summed E-state index contributed by atoms with van der Waals surface area (Å²) >= 11 is 6.12. The largest absolute Gasteiger partial charge is 0.308 e. The van der Waals surface area contributed by atoms with Crippen LogP contribution in [-0.2, 0) is 7.05 Å². The molecule has 0 amide bonds. The van der Waals surface area contributed by atoms with E-state index in [0.29, 0.717) is 5.02 Å². The summed E-state index contributed by atoms with van der Waals surface area (Å²) in [6, 6.07) is 3.63. The normalized spacial score (nSPS) is 12.7. The maximum Gasteiger partial charge on any atom is 0.0805 e. The summed E-state index contributed by atoms with van der Waals surface area (Å²) in [4.78, 5) is 4.30. The Morgan fingerprint density at radius 2 is 2.31 bits per heavy atom. The minimum absolute atomic E-state index is 0.0256. The highest BCUT2D eigenvalue weighted by molar-refractivity contribution is 6.31. The molecule has 0 aliphatic heterocycles. The molecule has 0 aliphatic rings. The number of hydrogen-bond acceptors (Lipinski definition) is 3. The van der Waals surface area contributed by atoms with Gasteiger partial charge in [-0.3, -0.25) is 9.67 Å². The van der Waals surface area contributed by atoms with Crippen LogP contribution in [0.25, 0.3) is 0 Å². The molecular weight excluding hydrogens is 224 g/mol. The summed E-state index contributed by atoms with van der Waals surface area (Å²) in [7, 11) is 3.76. The van der Waals surface area contributed by atoms with E-state index in [1.807, 2.05) is 38.6 Å². The van der Waals surface area contributed by atoms with Crippen molar-refractivity contribution in [1.29, 1.82) is 0 Å². The predicted octanol–water partition coefficient (Wildman–Crippen LogP) is 1.78. The van der Waals surface area contributed by atoms with Crippen molar-refractivity contribution in [1.82, 2.24) is 20.1 Å². The zero-order valence-corrected chi connectivity index (χ0v) is 9.94. The molecule has 16 heavy (non-hydrogen) atoms. The Labute approximate surface area is 99.3 Å². The number of hydrogen-bond donors (Lipinski definition) is 1. The quantitative estimate of drug-likeness (QED) is 0.884. The lowest BCUT2D eigenvalue weighted by Crippen LogP contribution is -2.18. The summed E-state index contributed by atoms with van der Waals surface area (Å²) in [5, 5.41) is 7.99. The fraction of sp³-hybridized carbons (Fsp3) is 0.273. The highest BCUT2D eigenvalue weighted by Crippen LogP contribution is 2.25. The lowest BCUT2D eigenvalue weighted by molar-refractivity contribution is 0.669. The fourth-order valence-corrected chi connectivity index (χ4v) is 1.89. The molecule has 1 unspecified atom stereocenters. The summed E-state index contributed by atoms with van der Waals surface area (Å²) in [6.07, 6.45) is 5.50. The van der Waals surface area contributed by atoms with Crippen molar-refractivity contribution in [3.63, 3.8) is 0 Å². The highest BCUT2D eigenvalue weighted by Gasteiger charge is 2.17. The summed E-state index contributed by atoms with van der Waals surface area (Å²) < 4.78 is 1.76. The van der Waals surface area contributed by atoms with E-state index in [4.69, 9.17) is 11.6 Å². The monoisotopic (exact) mass is 236 g/mol. The zero-order chi connectivity index (χ0) is 11.5. The van der Waals surface area contributed by atoms with E-state index in [-0.39, 0.29) is 6.04 Å². The van der Waals surface area contributed by atoms with Crippen molar-refractivity contribution in [3.8, 4) is 0 Å². The SMILES string of the molecule is CNC(c1cnn(C)c1)c1ncccc1Cl. The molecule has 84 valence electrons. The van der Waals surface area contributed by atoms with Gasteiger partial charge in [-0.1, -0.05) is 11.6 Å². The molecule has 4 nitrogen and oxygen atoms in total. The van der Waals surface area contributed by atoms with Crippen LogP contribution in [0.15, 0.2) is 30.7 Å². The van der Waals surface area contributed by atoms with E-state index < -0.39 is 0 Å². The van der Waals surface area contributed by atoms with Gasteiger partial charge in [-0.25, -0.2) is 0 Å². The molecule has 0 saturated heterocycles. The van der Waals surface area contributed by atoms with Crippen LogP contribution in [0.4, 0.5) is 0 Å². The molecule has 0 fully saturated rings. The first-order valence-electron chi connectivity index (χ1n) is 4.98. The van der Waals surface area contributed by atoms with Gasteiger partial charge in [0.2, 0.25) is 0 Å². The minimum atomic E-state index is -0.0256. The fourth-order valence-electron chi connectivity index (χ4n) is 1.66. The standard InChI is InChI=1S/C11H13ClN4/c1-13-10(8-6-15-16(2)7-8)11-9(12)4-3-5-14-11/h3-7,10,13H,1-2H3. The van der Waals surface area contributed by atoms with Crippen LogP contribution in [0.5, 0.6) is 0 Å². The van der Waals surface area contributed by atoms with Crippen LogP contribution < -0.4 is 5.32 Å². The van der Waals surface area contributed by atoms with Crippen molar-refractivity contribution in [2.75, 3.05) is 7.05 Å². The number of halogens is 1. The number of rotatable bonds is 3. The molecule has 2 rings (SSSR count). The van der Waals surface area contributed by atoms with Gasteiger partial charge in [0.25, 0.3) is 0 Å². The van der Waals surface area contributed by atoms with Gasteiger partial charge in [0.1, 0.15) is 0 Å². The van der Waals surface area contributed by atoms with Crippen LogP contribution in [0.1, 0.15) is 17.3 Å². The van der Waals surface area contributed by atoms with E-state index in [1.165, 1.54) is 0 Å². The topological polar surface area (TPSA) is 42.7 Å². The number of aromatic nitrogens is 3. The highest BCUT2D eigenvalue weighted by atomic mass is 35.5. The van der Waals surface area contributed by atoms with Gasteiger partial charge in [-0.2, -0.15) is 5.10 Å². The third-order valence-electron chi connectivity index (χ3n) is 2.41. The Morgan fingerprint density at radius 1 is 1.50 bits per heavy atom. The third-order valence-corrected chi connectivity index (χ3v) is 2.73. The number of nitrogens with one attached hydrogen (secondary N) is 1. The van der Waals surface area contributed by atoms with Crippen molar-refractivity contribution in [2.45, 2.75) is 6.04 Å². The summed E-state index contributed by atoms with van der Waals surface area (Å²) in [5.41, 5.74) is 1.87. The van der Waals surface area contributed by atoms with Crippen LogP contribution >= 0.6 is 11.6 Å². The number of nitrogens with zero attached hydrogens (tertiary/aromatic N) is 3. The second-order valence-electron chi connectivity index (χ2n) is 3.54. The molecule has 0 spiro atoms. The smallest absolute Gasteiger partial charge is 0.0805 e. The molecule has 1 N–H and O–H groups in total. The first-order chi connectivity index (χ1) is 7.72. The first kappa shape index (κ1) is 11.1. The second kappa shape index (κ2) is 4.63. The molecule has 0 radical (unpaired) electrons. The molecule has 2 aromatic heterocycles. The van der Waals surface area contributed by atoms with E-state index in [0.717, 1.165) is 11.3 Å². The van der Waals surface area contributed by atoms with E-state index in [9.17, 15) is 0 Å². The Bertz CT molecular complexity index is 480. The lowest BCUT2D eigenvalue weighted by Gasteiger charge is -2.14. The lowest BCUT2D eigenvalue weighted by atomic mass is 10.1. The Morgan fingerprint density at radius 3 is 2.88 bits per heavy atom. The number of aryl methyl sites for hydroxylation is 1. The maximum atomic E-state index is 6.12. The van der Waals surface area contributed by atoms with Crippen molar-refractivity contribution in [2.24, 2.45) is 7.05 Å². The zero-order valence-electron chi connectivity index (χ0n) is 9.18. The Hall–Kier alpha value is -1.39. The molecular formula is C11H13ClN4. The maximum absolute atomic E-state index is 6.12. The molecule has 1 atom stereocenters. The van der Waals surface area contributed by atoms with Gasteiger partial charge in [0, 0.05) is 25.0 Å². The Kier molecular flexibility index (Phi) is 3.22. The predicted molar refractivity (Wildman–Crippen MR) is 63.4 cm³/mol. The van der Waals surface area contributed by atoms with Gasteiger partial charge in [0.15, 0.2) is 0 Å². The average molecular weight is 237 g/mol.